The normalized spacial score (nSPS) is 15.9. The van der Waals surface area contributed by atoms with Crippen LogP contribution in [0.2, 0.25) is 0 Å². The van der Waals surface area contributed by atoms with Gasteiger partial charge in [-0.2, -0.15) is 0 Å². The minimum atomic E-state index is -0.268. The summed E-state index contributed by atoms with van der Waals surface area (Å²) in [5, 5.41) is 2.23. The van der Waals surface area contributed by atoms with Crippen LogP contribution in [0.3, 0.4) is 0 Å². The van der Waals surface area contributed by atoms with Crippen LogP contribution in [-0.4, -0.2) is 41.0 Å². The number of hydrogen-bond acceptors (Lipinski definition) is 6. The van der Waals surface area contributed by atoms with Crippen LogP contribution in [0.4, 0.5) is 0 Å². The zero-order chi connectivity index (χ0) is 20.7. The Bertz CT molecular complexity index is 1240. The molecule has 0 spiro atoms. The van der Waals surface area contributed by atoms with Gasteiger partial charge < -0.3 is 4.42 Å². The highest BCUT2D eigenvalue weighted by Gasteiger charge is 2.20. The summed E-state index contributed by atoms with van der Waals surface area (Å²) in [5.41, 5.74) is 4.94. The third kappa shape index (κ3) is 3.90. The molecular weight excluding hydrogens is 394 g/mol. The number of nitrogens with zero attached hydrogens (tertiary/aromatic N) is 3. The molecule has 0 aliphatic carbocycles. The van der Waals surface area contributed by atoms with Gasteiger partial charge in [-0.05, 0) is 54.8 Å². The summed E-state index contributed by atoms with van der Waals surface area (Å²) in [6.45, 7) is 9.81. The van der Waals surface area contributed by atoms with E-state index in [1.807, 2.05) is 19.1 Å². The highest BCUT2D eigenvalue weighted by atomic mass is 32.1. The van der Waals surface area contributed by atoms with Crippen LogP contribution in [0, 0.1) is 13.8 Å². The van der Waals surface area contributed by atoms with Crippen molar-refractivity contribution in [3.8, 4) is 0 Å². The van der Waals surface area contributed by atoms with E-state index in [1.165, 1.54) is 15.3 Å². The van der Waals surface area contributed by atoms with Crippen LogP contribution in [0.1, 0.15) is 21.7 Å². The van der Waals surface area contributed by atoms with E-state index in [0.717, 1.165) is 61.3 Å². The molecular formula is C24H25N3O2S. The van der Waals surface area contributed by atoms with Gasteiger partial charge in [0.15, 0.2) is 0 Å². The Kier molecular flexibility index (Phi) is 5.15. The molecule has 2 aromatic heterocycles. The van der Waals surface area contributed by atoms with Gasteiger partial charge in [0.25, 0.3) is 0 Å². The largest absolute Gasteiger partial charge is 0.423 e. The summed E-state index contributed by atoms with van der Waals surface area (Å²) < 4.78 is 6.70. The van der Waals surface area contributed by atoms with Gasteiger partial charge in [-0.25, -0.2) is 9.78 Å². The molecule has 1 saturated heterocycles. The second-order valence-electron chi connectivity index (χ2n) is 8.15. The van der Waals surface area contributed by atoms with Crippen molar-refractivity contribution >= 4 is 32.5 Å². The van der Waals surface area contributed by atoms with Crippen LogP contribution < -0.4 is 5.63 Å². The molecule has 5 rings (SSSR count). The first kappa shape index (κ1) is 19.4. The number of rotatable bonds is 4. The second kappa shape index (κ2) is 7.95. The molecule has 154 valence electrons. The van der Waals surface area contributed by atoms with Crippen LogP contribution in [0.15, 0.2) is 51.7 Å². The van der Waals surface area contributed by atoms with Crippen LogP contribution in [-0.2, 0) is 13.1 Å². The highest BCUT2D eigenvalue weighted by Crippen LogP contribution is 2.25. The average molecular weight is 420 g/mol. The Labute approximate surface area is 179 Å². The molecule has 0 unspecified atom stereocenters. The molecule has 0 N–H and O–H groups in total. The van der Waals surface area contributed by atoms with Crippen molar-refractivity contribution in [2.75, 3.05) is 26.2 Å². The zero-order valence-electron chi connectivity index (χ0n) is 17.4. The molecule has 1 aliphatic heterocycles. The predicted molar refractivity (Wildman–Crippen MR) is 122 cm³/mol. The van der Waals surface area contributed by atoms with Crippen molar-refractivity contribution < 1.29 is 4.42 Å². The van der Waals surface area contributed by atoms with Crippen molar-refractivity contribution in [3.05, 3.63) is 74.6 Å². The molecule has 0 atom stereocenters. The lowest BCUT2D eigenvalue weighted by atomic mass is 10.0. The van der Waals surface area contributed by atoms with Crippen molar-refractivity contribution in [1.82, 2.24) is 14.8 Å². The first-order valence-corrected chi connectivity index (χ1v) is 11.2. The molecule has 1 fully saturated rings. The summed E-state index contributed by atoms with van der Waals surface area (Å²) in [4.78, 5) is 21.7. The van der Waals surface area contributed by atoms with Gasteiger partial charge in [-0.15, -0.1) is 11.3 Å². The van der Waals surface area contributed by atoms with E-state index in [9.17, 15) is 4.79 Å². The Morgan fingerprint density at radius 2 is 1.67 bits per heavy atom. The molecule has 0 bridgehead atoms. The maximum absolute atomic E-state index is 12.1. The maximum Gasteiger partial charge on any atom is 0.336 e. The van der Waals surface area contributed by atoms with E-state index in [0.29, 0.717) is 5.58 Å². The topological polar surface area (TPSA) is 49.6 Å². The first-order chi connectivity index (χ1) is 14.5. The highest BCUT2D eigenvalue weighted by molar-refractivity contribution is 7.18. The third-order valence-corrected chi connectivity index (χ3v) is 7.02. The molecule has 4 aromatic rings. The maximum atomic E-state index is 12.1. The lowest BCUT2D eigenvalue weighted by Gasteiger charge is -2.34. The quantitative estimate of drug-likeness (QED) is 0.461. The lowest BCUT2D eigenvalue weighted by molar-refractivity contribution is 0.122. The number of aryl methyl sites for hydroxylation is 2. The number of para-hydroxylation sites is 1. The van der Waals surface area contributed by atoms with Crippen molar-refractivity contribution in [3.63, 3.8) is 0 Å². The monoisotopic (exact) mass is 419 g/mol. The molecule has 3 heterocycles. The minimum Gasteiger partial charge on any atom is -0.423 e. The number of piperazine rings is 1. The Balaban J connectivity index is 1.27. The number of benzene rings is 2. The Hall–Kier alpha value is -2.54. The van der Waals surface area contributed by atoms with Crippen LogP contribution in [0.5, 0.6) is 0 Å². The van der Waals surface area contributed by atoms with E-state index >= 15 is 0 Å². The van der Waals surface area contributed by atoms with Gasteiger partial charge in [0.1, 0.15) is 10.6 Å². The fourth-order valence-corrected chi connectivity index (χ4v) is 5.15. The average Bonchev–Trinajstić information content (AvgIpc) is 3.13. The van der Waals surface area contributed by atoms with Gasteiger partial charge in [0.05, 0.1) is 16.8 Å². The molecule has 6 heteroatoms. The van der Waals surface area contributed by atoms with E-state index in [-0.39, 0.29) is 5.63 Å². The number of thiazole rings is 1. The van der Waals surface area contributed by atoms with Gasteiger partial charge in [-0.1, -0.05) is 12.1 Å². The smallest absolute Gasteiger partial charge is 0.336 e. The molecule has 5 nitrogen and oxygen atoms in total. The minimum absolute atomic E-state index is 0.268. The van der Waals surface area contributed by atoms with E-state index in [4.69, 9.17) is 9.40 Å². The standard InChI is InChI=1S/C24H25N3O2S/c1-16-11-19-18(13-24(28)29-21(19)12-17(16)2)14-26-7-9-27(10-8-26)15-23-25-20-5-3-4-6-22(20)30-23/h3-6,11-13H,7-10,14-15H2,1-2H3. The second-order valence-corrected chi connectivity index (χ2v) is 9.27. The fourth-order valence-electron chi connectivity index (χ4n) is 4.14. The van der Waals surface area contributed by atoms with E-state index < -0.39 is 0 Å². The SMILES string of the molecule is Cc1cc2oc(=O)cc(CN3CCN(Cc4nc5ccccc5s4)CC3)c2cc1C. The van der Waals surface area contributed by atoms with Crippen molar-refractivity contribution in [2.24, 2.45) is 0 Å². The summed E-state index contributed by atoms with van der Waals surface area (Å²) in [7, 11) is 0. The Morgan fingerprint density at radius 1 is 0.967 bits per heavy atom. The molecule has 0 radical (unpaired) electrons. The predicted octanol–water partition coefficient (Wildman–Crippen LogP) is 4.34. The molecule has 1 aliphatic rings. The zero-order valence-corrected chi connectivity index (χ0v) is 18.2. The summed E-state index contributed by atoms with van der Waals surface area (Å²) in [5.74, 6) is 0. The van der Waals surface area contributed by atoms with Crippen molar-refractivity contribution in [2.45, 2.75) is 26.9 Å². The van der Waals surface area contributed by atoms with Gasteiger partial charge in [0.2, 0.25) is 0 Å². The van der Waals surface area contributed by atoms with E-state index in [1.54, 1.807) is 17.4 Å². The summed E-state index contributed by atoms with van der Waals surface area (Å²) in [6, 6.07) is 14.1. The summed E-state index contributed by atoms with van der Waals surface area (Å²) >= 11 is 1.79. The van der Waals surface area contributed by atoms with Gasteiger partial charge in [-0.3, -0.25) is 9.80 Å². The fraction of sp³-hybridized carbons (Fsp3) is 0.333. The van der Waals surface area contributed by atoms with Gasteiger partial charge in [0, 0.05) is 44.2 Å². The number of aromatic nitrogens is 1. The van der Waals surface area contributed by atoms with E-state index in [2.05, 4.69) is 41.0 Å². The molecule has 0 amide bonds. The number of fused-ring (bicyclic) bond motifs is 2. The molecule has 2 aromatic carbocycles. The summed E-state index contributed by atoms with van der Waals surface area (Å²) in [6.07, 6.45) is 0. The van der Waals surface area contributed by atoms with Crippen molar-refractivity contribution in [1.29, 1.82) is 0 Å². The molecule has 0 saturated carbocycles. The van der Waals surface area contributed by atoms with Crippen LogP contribution in [0.25, 0.3) is 21.2 Å². The van der Waals surface area contributed by atoms with Gasteiger partial charge >= 0.3 is 5.63 Å². The Morgan fingerprint density at radius 3 is 2.43 bits per heavy atom. The first-order valence-electron chi connectivity index (χ1n) is 10.4. The molecule has 30 heavy (non-hydrogen) atoms. The number of hydrogen-bond donors (Lipinski definition) is 0. The van der Waals surface area contributed by atoms with Crippen LogP contribution >= 0.6 is 11.3 Å². The lowest BCUT2D eigenvalue weighted by Crippen LogP contribution is -2.45. The third-order valence-electron chi connectivity index (χ3n) is 6.00.